The van der Waals surface area contributed by atoms with Crippen molar-refractivity contribution in [3.8, 4) is 0 Å². The number of aromatic nitrogens is 1. The van der Waals surface area contributed by atoms with Crippen molar-refractivity contribution in [2.75, 3.05) is 5.32 Å². The molecule has 3 nitrogen and oxygen atoms in total. The fraction of sp³-hybridized carbons (Fsp3) is 0.267. The summed E-state index contributed by atoms with van der Waals surface area (Å²) in [5.41, 5.74) is 2.15. The lowest BCUT2D eigenvalue weighted by Gasteiger charge is -2.27. The first-order valence-electron chi connectivity index (χ1n) is 6.58. The third kappa shape index (κ3) is 2.43. The van der Waals surface area contributed by atoms with E-state index in [1.54, 1.807) is 18.2 Å². The maximum atomic E-state index is 13.8. The molecule has 1 aliphatic rings. The highest BCUT2D eigenvalue weighted by Crippen LogP contribution is 2.34. The van der Waals surface area contributed by atoms with Crippen LogP contribution in [0.3, 0.4) is 0 Å². The van der Waals surface area contributed by atoms with Gasteiger partial charge >= 0.3 is 0 Å². The van der Waals surface area contributed by atoms with Gasteiger partial charge in [0.05, 0.1) is 16.8 Å². The topological polar surface area (TPSA) is 44.9 Å². The molecule has 0 saturated carbocycles. The normalized spacial score (nSPS) is 17.6. The molecule has 0 saturated heterocycles. The van der Waals surface area contributed by atoms with E-state index in [2.05, 4.69) is 10.3 Å². The summed E-state index contributed by atoms with van der Waals surface area (Å²) in [5.74, 6) is -0.367. The lowest BCUT2D eigenvalue weighted by Crippen LogP contribution is -2.22. The van der Waals surface area contributed by atoms with Crippen molar-refractivity contribution in [1.82, 2.24) is 4.98 Å². The first-order chi connectivity index (χ1) is 9.65. The minimum absolute atomic E-state index is 0.0370. The van der Waals surface area contributed by atoms with Crippen LogP contribution in [0.5, 0.6) is 0 Å². The first kappa shape index (κ1) is 13.2. The molecule has 1 unspecified atom stereocenters. The summed E-state index contributed by atoms with van der Waals surface area (Å²) in [6.07, 6.45) is 2.66. The zero-order valence-electron chi connectivity index (χ0n) is 10.7. The Labute approximate surface area is 120 Å². The second-order valence-electron chi connectivity index (χ2n) is 4.94. The van der Waals surface area contributed by atoms with E-state index < -0.39 is 0 Å². The summed E-state index contributed by atoms with van der Waals surface area (Å²) in [6, 6.07) is 7.88. The van der Waals surface area contributed by atoms with E-state index in [0.717, 1.165) is 30.5 Å². The van der Waals surface area contributed by atoms with Crippen LogP contribution in [0.25, 0.3) is 0 Å². The standard InChI is InChI=1S/C15H14ClFN2O/c16-10-3-1-4-11(17)15(10)19-13-6-2-5-12-9(13)7-8-14(20)18-12/h1,3-4,7-8,13,19H,2,5-6H2,(H,18,20). The lowest BCUT2D eigenvalue weighted by molar-refractivity contribution is 0.576. The average molecular weight is 293 g/mol. The van der Waals surface area contributed by atoms with Crippen molar-refractivity contribution in [2.24, 2.45) is 0 Å². The fourth-order valence-electron chi connectivity index (χ4n) is 2.66. The van der Waals surface area contributed by atoms with E-state index >= 15 is 0 Å². The first-order valence-corrected chi connectivity index (χ1v) is 6.95. The Hall–Kier alpha value is -1.81. The summed E-state index contributed by atoms with van der Waals surface area (Å²) in [4.78, 5) is 14.2. The predicted octanol–water partition coefficient (Wildman–Crippen LogP) is 3.66. The maximum absolute atomic E-state index is 13.8. The zero-order valence-corrected chi connectivity index (χ0v) is 11.5. The molecule has 0 spiro atoms. The zero-order chi connectivity index (χ0) is 14.1. The summed E-state index contributed by atoms with van der Waals surface area (Å²) in [6.45, 7) is 0. The Morgan fingerprint density at radius 1 is 1.30 bits per heavy atom. The second-order valence-corrected chi connectivity index (χ2v) is 5.35. The lowest BCUT2D eigenvalue weighted by atomic mass is 9.91. The summed E-state index contributed by atoms with van der Waals surface area (Å²) < 4.78 is 13.8. The Morgan fingerprint density at radius 3 is 2.95 bits per heavy atom. The van der Waals surface area contributed by atoms with Crippen LogP contribution in [0.15, 0.2) is 35.1 Å². The second kappa shape index (κ2) is 5.29. The molecule has 104 valence electrons. The molecule has 20 heavy (non-hydrogen) atoms. The van der Waals surface area contributed by atoms with Gasteiger partial charge in [-0.25, -0.2) is 4.39 Å². The Bertz CT molecular complexity index is 678. The fourth-order valence-corrected chi connectivity index (χ4v) is 2.88. The van der Waals surface area contributed by atoms with Crippen LogP contribution in [-0.2, 0) is 6.42 Å². The molecule has 0 bridgehead atoms. The highest BCUT2D eigenvalue weighted by Gasteiger charge is 2.22. The van der Waals surface area contributed by atoms with Crippen molar-refractivity contribution >= 4 is 17.3 Å². The van der Waals surface area contributed by atoms with E-state index in [0.29, 0.717) is 10.7 Å². The van der Waals surface area contributed by atoms with Gasteiger partial charge in [0.25, 0.3) is 0 Å². The van der Waals surface area contributed by atoms with Crippen molar-refractivity contribution in [3.63, 3.8) is 0 Å². The van der Waals surface area contributed by atoms with Crippen molar-refractivity contribution < 1.29 is 4.39 Å². The molecule has 0 amide bonds. The van der Waals surface area contributed by atoms with Gasteiger partial charge in [0.2, 0.25) is 5.56 Å². The van der Waals surface area contributed by atoms with Crippen LogP contribution in [0.1, 0.15) is 30.1 Å². The van der Waals surface area contributed by atoms with Crippen LogP contribution < -0.4 is 10.9 Å². The molecule has 2 N–H and O–H groups in total. The highest BCUT2D eigenvalue weighted by atomic mass is 35.5. The van der Waals surface area contributed by atoms with Crippen LogP contribution in [0, 0.1) is 5.82 Å². The number of aryl methyl sites for hydroxylation is 1. The number of fused-ring (bicyclic) bond motifs is 1. The summed E-state index contributed by atoms with van der Waals surface area (Å²) in [7, 11) is 0. The number of halogens is 2. The Morgan fingerprint density at radius 2 is 2.15 bits per heavy atom. The van der Waals surface area contributed by atoms with E-state index in [-0.39, 0.29) is 17.4 Å². The van der Waals surface area contributed by atoms with E-state index in [1.165, 1.54) is 12.1 Å². The van der Waals surface area contributed by atoms with E-state index in [1.807, 2.05) is 0 Å². The number of hydrogen-bond acceptors (Lipinski definition) is 2. The van der Waals surface area contributed by atoms with Crippen LogP contribution in [0.4, 0.5) is 10.1 Å². The van der Waals surface area contributed by atoms with Crippen LogP contribution in [0.2, 0.25) is 5.02 Å². The van der Waals surface area contributed by atoms with Crippen LogP contribution >= 0.6 is 11.6 Å². The number of hydrogen-bond donors (Lipinski definition) is 2. The van der Waals surface area contributed by atoms with Gasteiger partial charge in [-0.1, -0.05) is 17.7 Å². The SMILES string of the molecule is O=c1ccc2c([nH]1)CCCC2Nc1c(F)cccc1Cl. The molecular weight excluding hydrogens is 279 g/mol. The molecule has 1 atom stereocenters. The number of H-pyrrole nitrogens is 1. The van der Waals surface area contributed by atoms with Gasteiger partial charge in [0.1, 0.15) is 5.82 Å². The number of para-hydroxylation sites is 1. The monoisotopic (exact) mass is 292 g/mol. The van der Waals surface area contributed by atoms with Gasteiger partial charge in [0.15, 0.2) is 0 Å². The molecule has 1 aromatic heterocycles. The van der Waals surface area contributed by atoms with Gasteiger partial charge < -0.3 is 10.3 Å². The molecule has 2 aromatic rings. The van der Waals surface area contributed by atoms with Crippen molar-refractivity contribution in [3.05, 3.63) is 62.8 Å². The van der Waals surface area contributed by atoms with Gasteiger partial charge in [-0.15, -0.1) is 0 Å². The van der Waals surface area contributed by atoms with Crippen molar-refractivity contribution in [1.29, 1.82) is 0 Å². The number of nitrogens with one attached hydrogen (secondary N) is 2. The highest BCUT2D eigenvalue weighted by molar-refractivity contribution is 6.33. The van der Waals surface area contributed by atoms with Gasteiger partial charge in [-0.3, -0.25) is 4.79 Å². The third-order valence-electron chi connectivity index (χ3n) is 3.61. The molecule has 0 aliphatic heterocycles. The minimum Gasteiger partial charge on any atom is -0.375 e. The molecule has 0 fully saturated rings. The average Bonchev–Trinajstić information content (AvgIpc) is 2.42. The molecule has 1 aliphatic carbocycles. The smallest absolute Gasteiger partial charge is 0.248 e. The molecule has 0 radical (unpaired) electrons. The third-order valence-corrected chi connectivity index (χ3v) is 3.93. The molecular formula is C15H14ClFN2O. The largest absolute Gasteiger partial charge is 0.375 e. The Kier molecular flexibility index (Phi) is 3.49. The summed E-state index contributed by atoms with van der Waals surface area (Å²) >= 11 is 6.04. The maximum Gasteiger partial charge on any atom is 0.248 e. The van der Waals surface area contributed by atoms with E-state index in [4.69, 9.17) is 11.6 Å². The van der Waals surface area contributed by atoms with Crippen LogP contribution in [-0.4, -0.2) is 4.98 Å². The predicted molar refractivity (Wildman–Crippen MR) is 77.8 cm³/mol. The van der Waals surface area contributed by atoms with Crippen molar-refractivity contribution in [2.45, 2.75) is 25.3 Å². The molecule has 1 aromatic carbocycles. The minimum atomic E-state index is -0.367. The molecule has 3 rings (SSSR count). The molecule has 5 heteroatoms. The Balaban J connectivity index is 1.96. The number of aromatic amines is 1. The van der Waals surface area contributed by atoms with E-state index in [9.17, 15) is 9.18 Å². The molecule has 1 heterocycles. The number of benzene rings is 1. The quantitative estimate of drug-likeness (QED) is 0.887. The summed E-state index contributed by atoms with van der Waals surface area (Å²) in [5, 5.41) is 3.53. The number of anilines is 1. The van der Waals surface area contributed by atoms with Gasteiger partial charge in [-0.2, -0.15) is 0 Å². The van der Waals surface area contributed by atoms with Gasteiger partial charge in [0, 0.05) is 11.8 Å². The van der Waals surface area contributed by atoms with Gasteiger partial charge in [-0.05, 0) is 43.0 Å². The number of rotatable bonds is 2. The number of pyridine rings is 1.